The summed E-state index contributed by atoms with van der Waals surface area (Å²) in [4.78, 5) is 25.2. The van der Waals surface area contributed by atoms with E-state index in [1.54, 1.807) is 36.4 Å². The van der Waals surface area contributed by atoms with Gasteiger partial charge in [-0.15, -0.1) is 10.2 Å². The third-order valence-electron chi connectivity index (χ3n) is 4.94. The summed E-state index contributed by atoms with van der Waals surface area (Å²) in [6.45, 7) is 6.51. The second kappa shape index (κ2) is 11.9. The molecular weight excluding hydrogens is 517 g/mol. The van der Waals surface area contributed by atoms with Crippen molar-refractivity contribution in [3.8, 4) is 0 Å². The topological polar surface area (TPSA) is 88.9 Å². The molecule has 0 saturated carbocycles. The van der Waals surface area contributed by atoms with Gasteiger partial charge in [-0.1, -0.05) is 60.4 Å². The first-order valence-corrected chi connectivity index (χ1v) is 12.7. The fourth-order valence-electron chi connectivity index (χ4n) is 3.19. The van der Waals surface area contributed by atoms with Gasteiger partial charge in [0, 0.05) is 22.8 Å². The van der Waals surface area contributed by atoms with Gasteiger partial charge in [0.2, 0.25) is 5.91 Å². The predicted molar refractivity (Wildman–Crippen MR) is 138 cm³/mol. The highest BCUT2D eigenvalue weighted by molar-refractivity contribution is 7.99. The molecule has 3 rings (SSSR count). The minimum Gasteiger partial charge on any atom is -0.342 e. The Bertz CT molecular complexity index is 1170. The van der Waals surface area contributed by atoms with Crippen molar-refractivity contribution < 1.29 is 9.59 Å². The van der Waals surface area contributed by atoms with Crippen LogP contribution in [-0.4, -0.2) is 32.3 Å². The molecule has 0 spiro atoms. The van der Waals surface area contributed by atoms with E-state index in [2.05, 4.69) is 20.8 Å². The highest BCUT2D eigenvalue weighted by atomic mass is 35.5. The van der Waals surface area contributed by atoms with Crippen molar-refractivity contribution in [1.82, 2.24) is 20.1 Å². The molecule has 2 aromatic carbocycles. The van der Waals surface area contributed by atoms with Crippen LogP contribution in [0.2, 0.25) is 15.1 Å². The molecule has 180 valence electrons. The number of benzene rings is 2. The van der Waals surface area contributed by atoms with Crippen molar-refractivity contribution in [1.29, 1.82) is 0 Å². The van der Waals surface area contributed by atoms with Crippen LogP contribution in [0.1, 0.15) is 43.0 Å². The SMILES string of the molecule is CCn1c(SCC(=O)Nc2ccc(Cl)cc2)nnc1[C@@H](NC(=O)c1ccc(Cl)c(Cl)c1)C(C)C. The number of halogens is 3. The summed E-state index contributed by atoms with van der Waals surface area (Å²) in [5.74, 6) is 0.342. The summed E-state index contributed by atoms with van der Waals surface area (Å²) >= 11 is 19.2. The van der Waals surface area contributed by atoms with E-state index in [0.29, 0.717) is 43.8 Å². The Hall–Kier alpha value is -2.26. The van der Waals surface area contributed by atoms with Crippen molar-refractivity contribution >= 4 is 64.1 Å². The highest BCUT2D eigenvalue weighted by Crippen LogP contribution is 2.27. The lowest BCUT2D eigenvalue weighted by molar-refractivity contribution is -0.113. The van der Waals surface area contributed by atoms with Crippen LogP contribution in [0, 0.1) is 5.92 Å². The van der Waals surface area contributed by atoms with Gasteiger partial charge in [0.15, 0.2) is 11.0 Å². The molecule has 0 fully saturated rings. The average molecular weight is 541 g/mol. The van der Waals surface area contributed by atoms with Crippen LogP contribution >= 0.6 is 46.6 Å². The van der Waals surface area contributed by atoms with Crippen molar-refractivity contribution in [2.75, 3.05) is 11.1 Å². The Balaban J connectivity index is 1.71. The van der Waals surface area contributed by atoms with E-state index in [-0.39, 0.29) is 23.5 Å². The molecule has 0 saturated heterocycles. The van der Waals surface area contributed by atoms with Crippen LogP contribution in [0.5, 0.6) is 0 Å². The standard InChI is InChI=1S/C23H24Cl3N5O2S/c1-4-31-21(20(13(2)3)28-22(33)14-5-10-17(25)18(26)11-14)29-30-23(31)34-12-19(32)27-16-8-6-15(24)7-9-16/h5-11,13,20H,4,12H2,1-3H3,(H,27,32)(H,28,33)/t20-/m0/s1. The zero-order valence-corrected chi connectivity index (χ0v) is 21.9. The Morgan fingerprint density at radius 2 is 1.74 bits per heavy atom. The highest BCUT2D eigenvalue weighted by Gasteiger charge is 2.26. The molecule has 0 unspecified atom stereocenters. The van der Waals surface area contributed by atoms with E-state index in [1.807, 2.05) is 25.3 Å². The quantitative estimate of drug-likeness (QED) is 0.319. The van der Waals surface area contributed by atoms with Gasteiger partial charge in [-0.05, 0) is 55.3 Å². The first kappa shape index (κ1) is 26.3. The Kier molecular flexibility index (Phi) is 9.24. The summed E-state index contributed by atoms with van der Waals surface area (Å²) in [6.07, 6.45) is 0. The van der Waals surface area contributed by atoms with Crippen LogP contribution in [-0.2, 0) is 11.3 Å². The molecule has 2 N–H and O–H groups in total. The maximum absolute atomic E-state index is 12.9. The first-order chi connectivity index (χ1) is 16.2. The average Bonchev–Trinajstić information content (AvgIpc) is 3.21. The van der Waals surface area contributed by atoms with Crippen molar-refractivity contribution in [3.63, 3.8) is 0 Å². The Morgan fingerprint density at radius 1 is 1.03 bits per heavy atom. The smallest absolute Gasteiger partial charge is 0.251 e. The number of carbonyl (C=O) groups excluding carboxylic acids is 2. The molecule has 1 aromatic heterocycles. The summed E-state index contributed by atoms with van der Waals surface area (Å²) < 4.78 is 1.90. The molecule has 0 bridgehead atoms. The predicted octanol–water partition coefficient (Wildman–Crippen LogP) is 6.12. The molecule has 3 aromatic rings. The van der Waals surface area contributed by atoms with E-state index in [9.17, 15) is 9.59 Å². The van der Waals surface area contributed by atoms with Gasteiger partial charge in [-0.3, -0.25) is 9.59 Å². The monoisotopic (exact) mass is 539 g/mol. The third kappa shape index (κ3) is 6.66. The lowest BCUT2D eigenvalue weighted by atomic mass is 10.0. The van der Waals surface area contributed by atoms with Crippen molar-refractivity contribution in [2.24, 2.45) is 5.92 Å². The van der Waals surface area contributed by atoms with Crippen LogP contribution in [0.3, 0.4) is 0 Å². The maximum Gasteiger partial charge on any atom is 0.251 e. The fraction of sp³-hybridized carbons (Fsp3) is 0.304. The Morgan fingerprint density at radius 3 is 2.35 bits per heavy atom. The maximum atomic E-state index is 12.9. The fourth-order valence-corrected chi connectivity index (χ4v) is 4.42. The summed E-state index contributed by atoms with van der Waals surface area (Å²) in [5, 5.41) is 16.3. The van der Waals surface area contributed by atoms with E-state index in [1.165, 1.54) is 17.8 Å². The van der Waals surface area contributed by atoms with Crippen LogP contribution < -0.4 is 10.6 Å². The van der Waals surface area contributed by atoms with Crippen molar-refractivity contribution in [3.05, 3.63) is 68.9 Å². The second-order valence-corrected chi connectivity index (χ2v) is 9.95. The molecule has 0 aliphatic rings. The largest absolute Gasteiger partial charge is 0.342 e. The summed E-state index contributed by atoms with van der Waals surface area (Å²) in [6, 6.07) is 11.2. The van der Waals surface area contributed by atoms with Gasteiger partial charge in [-0.25, -0.2) is 0 Å². The van der Waals surface area contributed by atoms with Gasteiger partial charge in [0.25, 0.3) is 5.91 Å². The summed E-state index contributed by atoms with van der Waals surface area (Å²) in [5.41, 5.74) is 1.06. The normalized spacial score (nSPS) is 12.0. The number of amides is 2. The zero-order valence-electron chi connectivity index (χ0n) is 18.8. The molecule has 7 nitrogen and oxygen atoms in total. The molecule has 0 aliphatic heterocycles. The van der Waals surface area contributed by atoms with Crippen LogP contribution in [0.15, 0.2) is 47.6 Å². The minimum atomic E-state index is -0.397. The molecular formula is C23H24Cl3N5O2S. The first-order valence-electron chi connectivity index (χ1n) is 10.6. The third-order valence-corrected chi connectivity index (χ3v) is 6.89. The van der Waals surface area contributed by atoms with Crippen molar-refractivity contribution in [2.45, 2.75) is 38.5 Å². The molecule has 34 heavy (non-hydrogen) atoms. The summed E-state index contributed by atoms with van der Waals surface area (Å²) in [7, 11) is 0. The van der Waals surface area contributed by atoms with Gasteiger partial charge >= 0.3 is 0 Å². The number of hydrogen-bond donors (Lipinski definition) is 2. The van der Waals surface area contributed by atoms with E-state index >= 15 is 0 Å². The number of hydrogen-bond acceptors (Lipinski definition) is 5. The molecule has 0 aliphatic carbocycles. The van der Waals surface area contributed by atoms with Gasteiger partial charge < -0.3 is 15.2 Å². The molecule has 2 amide bonds. The lowest BCUT2D eigenvalue weighted by Crippen LogP contribution is -2.33. The second-order valence-electron chi connectivity index (χ2n) is 7.75. The molecule has 1 heterocycles. The van der Waals surface area contributed by atoms with Gasteiger partial charge in [-0.2, -0.15) is 0 Å². The number of thioether (sulfide) groups is 1. The van der Waals surface area contributed by atoms with E-state index in [4.69, 9.17) is 34.8 Å². The number of carbonyl (C=O) groups is 2. The van der Waals surface area contributed by atoms with E-state index in [0.717, 1.165) is 0 Å². The minimum absolute atomic E-state index is 0.0345. The number of nitrogens with one attached hydrogen (secondary N) is 2. The molecule has 1 atom stereocenters. The number of aromatic nitrogens is 3. The molecule has 0 radical (unpaired) electrons. The van der Waals surface area contributed by atoms with Crippen LogP contribution in [0.4, 0.5) is 5.69 Å². The van der Waals surface area contributed by atoms with E-state index < -0.39 is 6.04 Å². The van der Waals surface area contributed by atoms with Gasteiger partial charge in [0.05, 0.1) is 21.8 Å². The number of rotatable bonds is 9. The number of anilines is 1. The lowest BCUT2D eigenvalue weighted by Gasteiger charge is -2.22. The van der Waals surface area contributed by atoms with Gasteiger partial charge in [0.1, 0.15) is 0 Å². The van der Waals surface area contributed by atoms with Crippen LogP contribution in [0.25, 0.3) is 0 Å². The molecule has 11 heteroatoms. The number of nitrogens with zero attached hydrogens (tertiary/aromatic N) is 3. The Labute approximate surface area is 217 Å². The zero-order chi connectivity index (χ0) is 24.8.